The Morgan fingerprint density at radius 3 is 2.48 bits per heavy atom. The van der Waals surface area contributed by atoms with Crippen molar-refractivity contribution in [3.05, 3.63) is 118 Å². The minimum Gasteiger partial charge on any atom is -0.366 e. The molecule has 42 heavy (non-hydrogen) atoms. The average molecular weight is 590 g/mol. The van der Waals surface area contributed by atoms with E-state index in [1.54, 1.807) is 59.4 Å². The summed E-state index contributed by atoms with van der Waals surface area (Å²) >= 11 is 6.51. The van der Waals surface area contributed by atoms with E-state index in [0.717, 1.165) is 11.8 Å². The highest BCUT2D eigenvalue weighted by Crippen LogP contribution is 2.43. The minimum atomic E-state index is -3.41. The number of nitrogens with one attached hydrogen (secondary N) is 1. The van der Waals surface area contributed by atoms with Crippen LogP contribution < -0.4 is 16.0 Å². The average Bonchev–Trinajstić information content (AvgIpc) is 3.37. The summed E-state index contributed by atoms with van der Waals surface area (Å²) in [5.74, 6) is -5.26. The van der Waals surface area contributed by atoms with Crippen molar-refractivity contribution >= 4 is 40.6 Å². The second-order valence-electron chi connectivity index (χ2n) is 9.83. The quantitative estimate of drug-likeness (QED) is 0.297. The van der Waals surface area contributed by atoms with E-state index < -0.39 is 35.6 Å². The Morgan fingerprint density at radius 2 is 1.81 bits per heavy atom. The SMILES string of the molecule is Cc1ccn(-c2ccc(C(=O)N3CCC(F)(F)C(=CC(=O)NCc4ccc(C(N)=O)cc4)c4ccccc43)c(Cl)c2)n1. The first-order valence-corrected chi connectivity index (χ1v) is 13.4. The Kier molecular flexibility index (Phi) is 7.91. The molecule has 0 bridgehead atoms. The van der Waals surface area contributed by atoms with E-state index >= 15 is 8.78 Å². The van der Waals surface area contributed by atoms with Crippen LogP contribution in [0.3, 0.4) is 0 Å². The molecule has 2 heterocycles. The molecule has 3 aromatic carbocycles. The first-order valence-electron chi connectivity index (χ1n) is 13.0. The van der Waals surface area contributed by atoms with E-state index in [4.69, 9.17) is 17.3 Å². The number of benzene rings is 3. The Bertz CT molecular complexity index is 1720. The summed E-state index contributed by atoms with van der Waals surface area (Å²) in [4.78, 5) is 39.0. The van der Waals surface area contributed by atoms with Gasteiger partial charge in [0.2, 0.25) is 11.8 Å². The van der Waals surface area contributed by atoms with Crippen molar-refractivity contribution in [2.45, 2.75) is 25.8 Å². The van der Waals surface area contributed by atoms with Crippen LogP contribution in [0.15, 0.2) is 85.1 Å². The number of aromatic nitrogens is 2. The summed E-state index contributed by atoms with van der Waals surface area (Å²) in [5, 5.41) is 7.09. The smallest absolute Gasteiger partial charge is 0.275 e. The number of rotatable bonds is 6. The number of hydrogen-bond donors (Lipinski definition) is 2. The summed E-state index contributed by atoms with van der Waals surface area (Å²) in [6.45, 7) is 1.59. The zero-order chi connectivity index (χ0) is 30.0. The molecule has 1 aliphatic heterocycles. The maximum atomic E-state index is 15.5. The molecule has 8 nitrogen and oxygen atoms in total. The number of anilines is 1. The molecule has 0 saturated carbocycles. The standard InChI is InChI=1S/C31H26ClF2N5O3/c1-19-12-14-39(37-19)22-10-11-24(26(32)16-22)30(42)38-15-13-31(33,34)25(23-4-2-3-5-27(23)38)17-28(40)36-18-20-6-8-21(9-7-20)29(35)41/h2-12,14,16-17H,13,15,18H2,1H3,(H2,35,41)(H,36,40). The summed E-state index contributed by atoms with van der Waals surface area (Å²) in [7, 11) is 0. The van der Waals surface area contributed by atoms with Crippen LogP contribution in [0.1, 0.15) is 44.0 Å². The fourth-order valence-corrected chi connectivity index (χ4v) is 4.97. The number of alkyl halides is 2. The number of carbonyl (C=O) groups is 3. The molecule has 11 heteroatoms. The van der Waals surface area contributed by atoms with Crippen molar-refractivity contribution in [3.63, 3.8) is 0 Å². The second-order valence-corrected chi connectivity index (χ2v) is 10.2. The number of para-hydroxylation sites is 1. The van der Waals surface area contributed by atoms with Crippen molar-refractivity contribution in [3.8, 4) is 5.69 Å². The molecule has 1 aromatic heterocycles. The van der Waals surface area contributed by atoms with Crippen molar-refractivity contribution in [1.29, 1.82) is 0 Å². The molecule has 0 fully saturated rings. The molecule has 4 aromatic rings. The maximum Gasteiger partial charge on any atom is 0.275 e. The van der Waals surface area contributed by atoms with Crippen molar-refractivity contribution in [2.75, 3.05) is 11.4 Å². The van der Waals surface area contributed by atoms with E-state index in [9.17, 15) is 14.4 Å². The van der Waals surface area contributed by atoms with E-state index in [2.05, 4.69) is 10.4 Å². The largest absolute Gasteiger partial charge is 0.366 e. The van der Waals surface area contributed by atoms with Gasteiger partial charge in [-0.3, -0.25) is 14.4 Å². The Balaban J connectivity index is 1.42. The zero-order valence-corrected chi connectivity index (χ0v) is 23.2. The van der Waals surface area contributed by atoms with E-state index in [0.29, 0.717) is 16.8 Å². The molecular formula is C31H26ClF2N5O3. The number of halogens is 3. The van der Waals surface area contributed by atoms with Gasteiger partial charge in [0.25, 0.3) is 11.8 Å². The van der Waals surface area contributed by atoms with Gasteiger partial charge >= 0.3 is 0 Å². The van der Waals surface area contributed by atoms with Gasteiger partial charge in [-0.05, 0) is 55.0 Å². The molecule has 0 aliphatic carbocycles. The van der Waals surface area contributed by atoms with Crippen LogP contribution >= 0.6 is 11.6 Å². The molecule has 0 unspecified atom stereocenters. The number of carbonyl (C=O) groups excluding carboxylic acids is 3. The fraction of sp³-hybridized carbons (Fsp3) is 0.161. The molecule has 5 rings (SSSR count). The van der Waals surface area contributed by atoms with Crippen LogP contribution in [0.4, 0.5) is 14.5 Å². The predicted molar refractivity (Wildman–Crippen MR) is 156 cm³/mol. The zero-order valence-electron chi connectivity index (χ0n) is 22.5. The number of nitrogens with zero attached hydrogens (tertiary/aromatic N) is 3. The molecule has 3 amide bonds. The highest BCUT2D eigenvalue weighted by atomic mass is 35.5. The number of hydrogen-bond acceptors (Lipinski definition) is 4. The molecule has 0 saturated heterocycles. The second kappa shape index (κ2) is 11.6. The fourth-order valence-electron chi connectivity index (χ4n) is 4.72. The van der Waals surface area contributed by atoms with E-state index in [-0.39, 0.29) is 34.9 Å². The molecule has 3 N–H and O–H groups in total. The number of aryl methyl sites for hydroxylation is 1. The Morgan fingerprint density at radius 1 is 1.07 bits per heavy atom. The third-order valence-corrected chi connectivity index (χ3v) is 7.24. The number of primary amides is 1. The number of fused-ring (bicyclic) bond motifs is 1. The van der Waals surface area contributed by atoms with Crippen LogP contribution in [0.5, 0.6) is 0 Å². The van der Waals surface area contributed by atoms with E-state index in [1.807, 2.05) is 13.0 Å². The van der Waals surface area contributed by atoms with Gasteiger partial charge in [-0.15, -0.1) is 0 Å². The molecule has 1 aliphatic rings. The first kappa shape index (κ1) is 28.7. The van der Waals surface area contributed by atoms with Gasteiger partial charge in [0.05, 0.1) is 27.7 Å². The number of amides is 3. The normalized spacial score (nSPS) is 15.1. The van der Waals surface area contributed by atoms with Crippen LogP contribution in [-0.4, -0.2) is 40.0 Å². The molecule has 0 spiro atoms. The minimum absolute atomic E-state index is 0.0477. The lowest BCUT2D eigenvalue weighted by Gasteiger charge is -2.23. The molecule has 0 atom stereocenters. The summed E-state index contributed by atoms with van der Waals surface area (Å²) in [5.41, 5.74) is 7.62. The summed E-state index contributed by atoms with van der Waals surface area (Å²) in [6, 6.07) is 19.1. The highest BCUT2D eigenvalue weighted by molar-refractivity contribution is 6.34. The van der Waals surface area contributed by atoms with Crippen LogP contribution in [0, 0.1) is 6.92 Å². The van der Waals surface area contributed by atoms with Crippen molar-refractivity contribution in [1.82, 2.24) is 15.1 Å². The van der Waals surface area contributed by atoms with Gasteiger partial charge in [0.1, 0.15) is 0 Å². The van der Waals surface area contributed by atoms with Gasteiger partial charge in [0, 0.05) is 48.5 Å². The van der Waals surface area contributed by atoms with Gasteiger partial charge in [-0.25, -0.2) is 13.5 Å². The third-order valence-electron chi connectivity index (χ3n) is 6.92. The van der Waals surface area contributed by atoms with Gasteiger partial charge in [0.15, 0.2) is 0 Å². The maximum absolute atomic E-state index is 15.5. The van der Waals surface area contributed by atoms with E-state index in [1.165, 1.54) is 23.1 Å². The third kappa shape index (κ3) is 5.94. The number of nitrogens with two attached hydrogens (primary N) is 1. The van der Waals surface area contributed by atoms with Gasteiger partial charge < -0.3 is 16.0 Å². The first-order chi connectivity index (χ1) is 20.0. The summed E-state index contributed by atoms with van der Waals surface area (Å²) in [6.07, 6.45) is 1.93. The van der Waals surface area contributed by atoms with Crippen LogP contribution in [0.2, 0.25) is 5.02 Å². The molecular weight excluding hydrogens is 564 g/mol. The van der Waals surface area contributed by atoms with Gasteiger partial charge in [-0.1, -0.05) is 41.9 Å². The lowest BCUT2D eigenvalue weighted by atomic mass is 9.97. The Labute approximate surface area is 245 Å². The lowest BCUT2D eigenvalue weighted by molar-refractivity contribution is -0.116. The summed E-state index contributed by atoms with van der Waals surface area (Å²) < 4.78 is 32.7. The topological polar surface area (TPSA) is 110 Å². The molecule has 214 valence electrons. The highest BCUT2D eigenvalue weighted by Gasteiger charge is 2.41. The lowest BCUT2D eigenvalue weighted by Crippen LogP contribution is -2.33. The monoisotopic (exact) mass is 589 g/mol. The predicted octanol–water partition coefficient (Wildman–Crippen LogP) is 5.32. The van der Waals surface area contributed by atoms with Crippen LogP contribution in [0.25, 0.3) is 11.3 Å². The van der Waals surface area contributed by atoms with Crippen molar-refractivity contribution in [2.24, 2.45) is 5.73 Å². The van der Waals surface area contributed by atoms with Gasteiger partial charge in [-0.2, -0.15) is 5.10 Å². The molecule has 0 radical (unpaired) electrons. The number of allylic oxidation sites excluding steroid dienone is 1. The van der Waals surface area contributed by atoms with Crippen molar-refractivity contribution < 1.29 is 23.2 Å². The van der Waals surface area contributed by atoms with Crippen LogP contribution in [-0.2, 0) is 11.3 Å². The Hall–Kier alpha value is -4.83.